The van der Waals surface area contributed by atoms with Gasteiger partial charge in [-0.2, -0.15) is 0 Å². The Balaban J connectivity index is 1.58. The van der Waals surface area contributed by atoms with E-state index in [-0.39, 0.29) is 5.82 Å². The summed E-state index contributed by atoms with van der Waals surface area (Å²) in [7, 11) is 0. The number of anilines is 1. The van der Waals surface area contributed by atoms with Crippen molar-refractivity contribution in [1.82, 2.24) is 15.0 Å². The van der Waals surface area contributed by atoms with Gasteiger partial charge in [0.05, 0.1) is 5.52 Å². The summed E-state index contributed by atoms with van der Waals surface area (Å²) in [5, 5.41) is 4.28. The van der Waals surface area contributed by atoms with Crippen LogP contribution in [0.25, 0.3) is 10.9 Å². The van der Waals surface area contributed by atoms with Gasteiger partial charge >= 0.3 is 0 Å². The molecule has 0 radical (unpaired) electrons. The van der Waals surface area contributed by atoms with Gasteiger partial charge < -0.3 is 10.1 Å². The molecule has 1 N–H and O–H groups in total. The SMILES string of the molecule is Cc1ccc2ncnc(NCc3cccnc3Oc3cccc(F)c3)c2c1. The minimum atomic E-state index is -0.356. The summed E-state index contributed by atoms with van der Waals surface area (Å²) < 4.78 is 19.2. The molecule has 0 fully saturated rings. The van der Waals surface area contributed by atoms with Crippen molar-refractivity contribution in [2.45, 2.75) is 13.5 Å². The number of nitrogens with one attached hydrogen (secondary N) is 1. The molecule has 0 saturated carbocycles. The topological polar surface area (TPSA) is 59.9 Å². The molecular formula is C21H17FN4O. The normalized spacial score (nSPS) is 10.7. The average molecular weight is 360 g/mol. The van der Waals surface area contributed by atoms with Crippen molar-refractivity contribution >= 4 is 16.7 Å². The van der Waals surface area contributed by atoms with Crippen LogP contribution in [0.2, 0.25) is 0 Å². The fourth-order valence-electron chi connectivity index (χ4n) is 2.78. The average Bonchev–Trinajstić information content (AvgIpc) is 2.67. The van der Waals surface area contributed by atoms with Crippen molar-refractivity contribution < 1.29 is 9.13 Å². The zero-order chi connectivity index (χ0) is 18.6. The molecule has 2 aromatic heterocycles. The smallest absolute Gasteiger partial charge is 0.224 e. The van der Waals surface area contributed by atoms with E-state index in [4.69, 9.17) is 4.74 Å². The number of pyridine rings is 1. The fourth-order valence-corrected chi connectivity index (χ4v) is 2.78. The first-order valence-electron chi connectivity index (χ1n) is 8.51. The molecule has 0 bridgehead atoms. The Hall–Kier alpha value is -3.54. The van der Waals surface area contributed by atoms with E-state index in [9.17, 15) is 4.39 Å². The van der Waals surface area contributed by atoms with Crippen LogP contribution < -0.4 is 10.1 Å². The quantitative estimate of drug-likeness (QED) is 0.550. The van der Waals surface area contributed by atoms with E-state index in [2.05, 4.69) is 20.3 Å². The molecule has 0 unspecified atom stereocenters. The number of aryl methyl sites for hydroxylation is 1. The number of aromatic nitrogens is 3. The van der Waals surface area contributed by atoms with Crippen LogP contribution in [0.5, 0.6) is 11.6 Å². The lowest BCUT2D eigenvalue weighted by Gasteiger charge is -2.12. The van der Waals surface area contributed by atoms with Crippen molar-refractivity contribution in [3.63, 3.8) is 0 Å². The minimum Gasteiger partial charge on any atom is -0.439 e. The predicted octanol–water partition coefficient (Wildman–Crippen LogP) is 4.88. The maximum absolute atomic E-state index is 13.4. The lowest BCUT2D eigenvalue weighted by atomic mass is 10.1. The first kappa shape index (κ1) is 16.9. The number of halogens is 1. The number of hydrogen-bond acceptors (Lipinski definition) is 5. The second kappa shape index (κ2) is 7.37. The number of ether oxygens (including phenoxy) is 1. The van der Waals surface area contributed by atoms with Crippen molar-refractivity contribution in [2.24, 2.45) is 0 Å². The molecule has 0 aliphatic carbocycles. The molecule has 0 aliphatic rings. The van der Waals surface area contributed by atoms with E-state index in [1.54, 1.807) is 18.3 Å². The molecule has 4 rings (SSSR count). The second-order valence-electron chi connectivity index (χ2n) is 6.12. The standard InChI is InChI=1S/C21H17FN4O/c1-14-7-8-19-18(10-14)20(26-13-25-19)24-12-15-4-3-9-23-21(15)27-17-6-2-5-16(22)11-17/h2-11,13H,12H2,1H3,(H,24,25,26). The van der Waals surface area contributed by atoms with Crippen molar-refractivity contribution in [3.05, 3.63) is 84.1 Å². The van der Waals surface area contributed by atoms with Crippen LogP contribution in [0.3, 0.4) is 0 Å². The lowest BCUT2D eigenvalue weighted by molar-refractivity contribution is 0.452. The van der Waals surface area contributed by atoms with Gasteiger partial charge in [0.15, 0.2) is 0 Å². The maximum Gasteiger partial charge on any atom is 0.224 e. The van der Waals surface area contributed by atoms with Gasteiger partial charge in [-0.3, -0.25) is 0 Å². The summed E-state index contributed by atoms with van der Waals surface area (Å²) >= 11 is 0. The molecule has 5 nitrogen and oxygen atoms in total. The van der Waals surface area contributed by atoms with Gasteiger partial charge in [0.25, 0.3) is 0 Å². The monoisotopic (exact) mass is 360 g/mol. The Morgan fingerprint density at radius 2 is 1.93 bits per heavy atom. The third-order valence-corrected chi connectivity index (χ3v) is 4.10. The molecule has 6 heteroatoms. The Kier molecular flexibility index (Phi) is 4.61. The highest BCUT2D eigenvalue weighted by Gasteiger charge is 2.09. The van der Waals surface area contributed by atoms with Gasteiger partial charge in [-0.1, -0.05) is 23.8 Å². The summed E-state index contributed by atoms with van der Waals surface area (Å²) in [5.41, 5.74) is 2.85. The zero-order valence-corrected chi connectivity index (χ0v) is 14.7. The molecule has 0 spiro atoms. The largest absolute Gasteiger partial charge is 0.439 e. The van der Waals surface area contributed by atoms with Gasteiger partial charge in [0.1, 0.15) is 23.7 Å². The van der Waals surface area contributed by atoms with E-state index in [0.717, 1.165) is 27.8 Å². The molecule has 2 heterocycles. The molecule has 2 aromatic carbocycles. The minimum absolute atomic E-state index is 0.356. The molecule has 27 heavy (non-hydrogen) atoms. The summed E-state index contributed by atoms with van der Waals surface area (Å²) in [6.07, 6.45) is 3.18. The van der Waals surface area contributed by atoms with Crippen LogP contribution in [0.4, 0.5) is 10.2 Å². The van der Waals surface area contributed by atoms with Gasteiger partial charge in [0.2, 0.25) is 5.88 Å². The fraction of sp³-hybridized carbons (Fsp3) is 0.0952. The van der Waals surface area contributed by atoms with Crippen molar-refractivity contribution in [3.8, 4) is 11.6 Å². The number of rotatable bonds is 5. The first-order valence-corrected chi connectivity index (χ1v) is 8.51. The Labute approximate surface area is 155 Å². The Bertz CT molecular complexity index is 1100. The first-order chi connectivity index (χ1) is 13.2. The van der Waals surface area contributed by atoms with E-state index in [1.165, 1.54) is 18.5 Å². The van der Waals surface area contributed by atoms with Crippen LogP contribution >= 0.6 is 0 Å². The molecular weight excluding hydrogens is 343 g/mol. The highest BCUT2D eigenvalue weighted by Crippen LogP contribution is 2.25. The van der Waals surface area contributed by atoms with Crippen LogP contribution in [-0.4, -0.2) is 15.0 Å². The maximum atomic E-state index is 13.4. The molecule has 0 atom stereocenters. The van der Waals surface area contributed by atoms with Gasteiger partial charge in [-0.25, -0.2) is 19.3 Å². The third kappa shape index (κ3) is 3.84. The summed E-state index contributed by atoms with van der Waals surface area (Å²) in [5.74, 6) is 1.21. The Morgan fingerprint density at radius 1 is 1.00 bits per heavy atom. The van der Waals surface area contributed by atoms with E-state index >= 15 is 0 Å². The van der Waals surface area contributed by atoms with Crippen LogP contribution in [0, 0.1) is 12.7 Å². The number of nitrogens with zero attached hydrogens (tertiary/aromatic N) is 3. The number of hydrogen-bond donors (Lipinski definition) is 1. The number of benzene rings is 2. The van der Waals surface area contributed by atoms with Crippen molar-refractivity contribution in [1.29, 1.82) is 0 Å². The lowest BCUT2D eigenvalue weighted by Crippen LogP contribution is -2.05. The van der Waals surface area contributed by atoms with Crippen LogP contribution in [0.1, 0.15) is 11.1 Å². The van der Waals surface area contributed by atoms with E-state index in [1.807, 2.05) is 37.3 Å². The number of fused-ring (bicyclic) bond motifs is 1. The summed E-state index contributed by atoms with van der Waals surface area (Å²) in [4.78, 5) is 12.9. The van der Waals surface area contributed by atoms with Crippen LogP contribution in [0.15, 0.2) is 67.1 Å². The summed E-state index contributed by atoms with van der Waals surface area (Å²) in [6.45, 7) is 2.49. The van der Waals surface area contributed by atoms with Gasteiger partial charge in [-0.15, -0.1) is 0 Å². The van der Waals surface area contributed by atoms with E-state index < -0.39 is 0 Å². The molecule has 0 amide bonds. The molecule has 134 valence electrons. The highest BCUT2D eigenvalue weighted by molar-refractivity contribution is 5.89. The molecule has 4 aromatic rings. The Morgan fingerprint density at radius 3 is 2.81 bits per heavy atom. The van der Waals surface area contributed by atoms with Crippen LogP contribution in [-0.2, 0) is 6.54 Å². The van der Waals surface area contributed by atoms with Crippen molar-refractivity contribution in [2.75, 3.05) is 5.32 Å². The highest BCUT2D eigenvalue weighted by atomic mass is 19.1. The van der Waals surface area contributed by atoms with E-state index in [0.29, 0.717) is 18.2 Å². The summed E-state index contributed by atoms with van der Waals surface area (Å²) in [6, 6.07) is 15.8. The molecule has 0 saturated heterocycles. The second-order valence-corrected chi connectivity index (χ2v) is 6.12. The third-order valence-electron chi connectivity index (χ3n) is 4.10. The zero-order valence-electron chi connectivity index (χ0n) is 14.7. The van der Waals surface area contributed by atoms with Gasteiger partial charge in [0, 0.05) is 29.8 Å². The molecule has 0 aliphatic heterocycles. The predicted molar refractivity (Wildman–Crippen MR) is 102 cm³/mol. The van der Waals surface area contributed by atoms with Gasteiger partial charge in [-0.05, 0) is 37.3 Å².